The van der Waals surface area contributed by atoms with Crippen LogP contribution in [-0.2, 0) is 5.41 Å². The van der Waals surface area contributed by atoms with Crippen molar-refractivity contribution in [3.05, 3.63) is 126 Å². The first-order valence-electron chi connectivity index (χ1n) is 14.9. The summed E-state index contributed by atoms with van der Waals surface area (Å²) >= 11 is 6.29. The average Bonchev–Trinajstić information content (AvgIpc) is 2.98. The van der Waals surface area contributed by atoms with E-state index in [9.17, 15) is 0 Å². The number of nitrogens with zero attached hydrogens (tertiary/aromatic N) is 1. The summed E-state index contributed by atoms with van der Waals surface area (Å²) in [6.07, 6.45) is 8.65. The third-order valence-electron chi connectivity index (χ3n) is 10.1. The Labute approximate surface area is 242 Å². The van der Waals surface area contributed by atoms with Gasteiger partial charge in [-0.15, -0.1) is 0 Å². The smallest absolute Gasteiger partial charge is 0.0468 e. The van der Waals surface area contributed by atoms with Gasteiger partial charge in [-0.05, 0) is 138 Å². The molecule has 4 bridgehead atoms. The third-order valence-corrected chi connectivity index (χ3v) is 10.3. The van der Waals surface area contributed by atoms with Gasteiger partial charge in [-0.3, -0.25) is 0 Å². The van der Waals surface area contributed by atoms with E-state index in [1.165, 1.54) is 60.7 Å². The van der Waals surface area contributed by atoms with Gasteiger partial charge in [-0.25, -0.2) is 0 Å². The van der Waals surface area contributed by atoms with Crippen LogP contribution in [0, 0.1) is 17.8 Å². The molecule has 0 atom stereocenters. The normalized spacial score (nSPS) is 24.9. The summed E-state index contributed by atoms with van der Waals surface area (Å²) in [5, 5.41) is 3.12. The van der Waals surface area contributed by atoms with Crippen molar-refractivity contribution >= 4 is 39.4 Å². The molecule has 1 nitrogen and oxygen atoms in total. The Balaban J connectivity index is 1.19. The highest BCUT2D eigenvalue weighted by Gasteiger charge is 2.51. The molecule has 9 rings (SSSR count). The lowest BCUT2D eigenvalue weighted by atomic mass is 9.48. The summed E-state index contributed by atoms with van der Waals surface area (Å²) in [5.41, 5.74) is 7.98. The molecule has 0 radical (unpaired) electrons. The fourth-order valence-corrected chi connectivity index (χ4v) is 8.83. The van der Waals surface area contributed by atoms with E-state index >= 15 is 0 Å². The molecule has 0 saturated heterocycles. The van der Waals surface area contributed by atoms with Crippen molar-refractivity contribution in [1.82, 2.24) is 0 Å². The topological polar surface area (TPSA) is 3.24 Å². The second-order valence-electron chi connectivity index (χ2n) is 12.7. The van der Waals surface area contributed by atoms with Crippen LogP contribution in [0.4, 0.5) is 17.1 Å². The van der Waals surface area contributed by atoms with Crippen LogP contribution >= 0.6 is 11.6 Å². The summed E-state index contributed by atoms with van der Waals surface area (Å²) < 4.78 is 0. The molecule has 5 aromatic rings. The molecule has 198 valence electrons. The van der Waals surface area contributed by atoms with E-state index in [2.05, 4.69) is 108 Å². The number of anilines is 3. The minimum absolute atomic E-state index is 0.414. The van der Waals surface area contributed by atoms with E-state index in [0.717, 1.165) is 39.5 Å². The van der Waals surface area contributed by atoms with Gasteiger partial charge in [0.2, 0.25) is 0 Å². The van der Waals surface area contributed by atoms with Crippen molar-refractivity contribution in [3.63, 3.8) is 0 Å². The van der Waals surface area contributed by atoms with Crippen molar-refractivity contribution in [1.29, 1.82) is 0 Å². The lowest BCUT2D eigenvalue weighted by Gasteiger charge is -2.57. The van der Waals surface area contributed by atoms with Gasteiger partial charge in [0, 0.05) is 22.1 Å². The van der Waals surface area contributed by atoms with Crippen molar-refractivity contribution in [3.8, 4) is 11.1 Å². The van der Waals surface area contributed by atoms with Crippen LogP contribution < -0.4 is 4.90 Å². The zero-order valence-electron chi connectivity index (χ0n) is 22.8. The Kier molecular flexibility index (Phi) is 5.78. The van der Waals surface area contributed by atoms with E-state index in [0.29, 0.717) is 5.41 Å². The molecule has 0 N–H and O–H groups in total. The fraction of sp³-hybridized carbons (Fsp3) is 0.263. The molecule has 4 fully saturated rings. The SMILES string of the molecule is Clc1ccc2cc(N(c3ccc(-c4ccccc4)cc3)c3ccc(C45CC6CC(CC(C6)C4)C5)cc3)ccc2c1. The van der Waals surface area contributed by atoms with Crippen molar-refractivity contribution in [2.45, 2.75) is 43.9 Å². The summed E-state index contributed by atoms with van der Waals surface area (Å²) in [5.74, 6) is 2.87. The second-order valence-corrected chi connectivity index (χ2v) is 13.1. The lowest BCUT2D eigenvalue weighted by molar-refractivity contribution is -0.00518. The maximum atomic E-state index is 6.29. The monoisotopic (exact) mass is 539 g/mol. The van der Waals surface area contributed by atoms with Crippen LogP contribution in [0.25, 0.3) is 21.9 Å². The first-order valence-corrected chi connectivity index (χ1v) is 15.3. The average molecular weight is 540 g/mol. The maximum Gasteiger partial charge on any atom is 0.0468 e. The molecule has 0 amide bonds. The van der Waals surface area contributed by atoms with Crippen LogP contribution in [0.3, 0.4) is 0 Å². The van der Waals surface area contributed by atoms with E-state index in [4.69, 9.17) is 11.6 Å². The quantitative estimate of drug-likeness (QED) is 0.214. The third kappa shape index (κ3) is 4.23. The van der Waals surface area contributed by atoms with Gasteiger partial charge < -0.3 is 4.90 Å². The molecule has 4 saturated carbocycles. The molecule has 0 heterocycles. The molecule has 40 heavy (non-hydrogen) atoms. The minimum Gasteiger partial charge on any atom is -0.310 e. The van der Waals surface area contributed by atoms with Gasteiger partial charge in [0.15, 0.2) is 0 Å². The number of hydrogen-bond acceptors (Lipinski definition) is 1. The largest absolute Gasteiger partial charge is 0.310 e. The van der Waals surface area contributed by atoms with Crippen LogP contribution in [-0.4, -0.2) is 0 Å². The van der Waals surface area contributed by atoms with Crippen LogP contribution in [0.15, 0.2) is 115 Å². The number of rotatable bonds is 5. The predicted molar refractivity (Wildman–Crippen MR) is 169 cm³/mol. The van der Waals surface area contributed by atoms with Crippen molar-refractivity contribution in [2.75, 3.05) is 4.90 Å². The summed E-state index contributed by atoms with van der Waals surface area (Å²) in [6.45, 7) is 0. The van der Waals surface area contributed by atoms with Crippen molar-refractivity contribution < 1.29 is 0 Å². The maximum absolute atomic E-state index is 6.29. The molecule has 2 heteroatoms. The molecule has 0 aromatic heterocycles. The zero-order valence-corrected chi connectivity index (χ0v) is 23.5. The molecular weight excluding hydrogens is 506 g/mol. The Morgan fingerprint density at radius 3 is 1.70 bits per heavy atom. The Morgan fingerprint density at radius 1 is 0.525 bits per heavy atom. The Hall–Kier alpha value is -3.55. The van der Waals surface area contributed by atoms with Crippen LogP contribution in [0.2, 0.25) is 5.02 Å². The van der Waals surface area contributed by atoms with Crippen molar-refractivity contribution in [2.24, 2.45) is 17.8 Å². The summed E-state index contributed by atoms with van der Waals surface area (Å²) in [4.78, 5) is 2.40. The fourth-order valence-electron chi connectivity index (χ4n) is 8.65. The predicted octanol–water partition coefficient (Wildman–Crippen LogP) is 11.1. The lowest BCUT2D eigenvalue weighted by Crippen LogP contribution is -2.48. The van der Waals surface area contributed by atoms with Gasteiger partial charge in [0.05, 0.1) is 0 Å². The van der Waals surface area contributed by atoms with Crippen LogP contribution in [0.1, 0.15) is 44.1 Å². The highest BCUT2D eigenvalue weighted by Crippen LogP contribution is 2.60. The molecule has 0 aliphatic heterocycles. The number of benzene rings is 5. The van der Waals surface area contributed by atoms with Gasteiger partial charge in [0.25, 0.3) is 0 Å². The summed E-state index contributed by atoms with van der Waals surface area (Å²) in [7, 11) is 0. The van der Waals surface area contributed by atoms with Gasteiger partial charge in [-0.2, -0.15) is 0 Å². The Morgan fingerprint density at radius 2 is 1.05 bits per heavy atom. The molecule has 5 aromatic carbocycles. The standard InChI is InChI=1S/C38H34ClN/c39-34-12-6-32-22-37(15-9-31(32)21-34)40(35-13-7-30(8-14-35)29-4-2-1-3-5-29)36-16-10-33(11-17-36)38-23-26-18-27(24-38)20-28(19-26)25-38/h1-17,21-22,26-28H,18-20,23-25H2. The minimum atomic E-state index is 0.414. The van der Waals surface area contributed by atoms with E-state index < -0.39 is 0 Å². The summed E-state index contributed by atoms with van der Waals surface area (Å²) in [6, 6.07) is 42.1. The Bertz CT molecular complexity index is 1630. The van der Waals surface area contributed by atoms with E-state index in [1.54, 1.807) is 5.56 Å². The second kappa shape index (κ2) is 9.53. The van der Waals surface area contributed by atoms with Crippen LogP contribution in [0.5, 0.6) is 0 Å². The number of halogens is 1. The first-order chi connectivity index (χ1) is 19.6. The van der Waals surface area contributed by atoms with Gasteiger partial charge in [-0.1, -0.05) is 78.3 Å². The molecule has 4 aliphatic carbocycles. The van der Waals surface area contributed by atoms with Gasteiger partial charge >= 0.3 is 0 Å². The zero-order chi connectivity index (χ0) is 26.7. The molecular formula is C38H34ClN. The van der Waals surface area contributed by atoms with E-state index in [1.807, 2.05) is 12.1 Å². The highest BCUT2D eigenvalue weighted by atomic mass is 35.5. The first kappa shape index (κ1) is 24.3. The number of hydrogen-bond donors (Lipinski definition) is 0. The number of fused-ring (bicyclic) bond motifs is 1. The molecule has 0 unspecified atom stereocenters. The van der Waals surface area contributed by atoms with E-state index in [-0.39, 0.29) is 0 Å². The molecule has 4 aliphatic rings. The highest BCUT2D eigenvalue weighted by molar-refractivity contribution is 6.31. The molecule has 0 spiro atoms. The van der Waals surface area contributed by atoms with Gasteiger partial charge in [0.1, 0.15) is 0 Å².